The van der Waals surface area contributed by atoms with Gasteiger partial charge in [-0.1, -0.05) is 6.92 Å². The predicted molar refractivity (Wildman–Crippen MR) is 66.7 cm³/mol. The Kier molecular flexibility index (Phi) is 4.15. The number of nitrogens with two attached hydrogens (primary N) is 1. The van der Waals surface area contributed by atoms with Crippen LogP contribution in [0.1, 0.15) is 12.6 Å². The first-order valence-corrected chi connectivity index (χ1v) is 6.27. The van der Waals surface area contributed by atoms with Gasteiger partial charge in [-0.25, -0.2) is 0 Å². The van der Waals surface area contributed by atoms with Crippen LogP contribution in [-0.4, -0.2) is 53.1 Å². The molecule has 0 aromatic carbocycles. The monoisotopic (exact) mass is 238 g/mol. The minimum absolute atomic E-state index is 0.0271. The molecule has 1 fully saturated rings. The van der Waals surface area contributed by atoms with Crippen molar-refractivity contribution in [1.29, 1.82) is 0 Å². The zero-order valence-electron chi connectivity index (χ0n) is 10.7. The molecular formula is C12H22N4O. The van der Waals surface area contributed by atoms with E-state index in [-0.39, 0.29) is 12.1 Å². The van der Waals surface area contributed by atoms with E-state index < -0.39 is 0 Å². The number of hydrogen-bond donors (Lipinski definition) is 1. The molecule has 5 heteroatoms. The van der Waals surface area contributed by atoms with Crippen molar-refractivity contribution < 1.29 is 4.74 Å². The fourth-order valence-electron chi connectivity index (χ4n) is 2.22. The molecule has 0 aliphatic carbocycles. The van der Waals surface area contributed by atoms with E-state index in [1.54, 1.807) is 0 Å². The molecule has 2 rings (SSSR count). The van der Waals surface area contributed by atoms with E-state index in [4.69, 9.17) is 10.5 Å². The van der Waals surface area contributed by atoms with Crippen molar-refractivity contribution >= 4 is 0 Å². The summed E-state index contributed by atoms with van der Waals surface area (Å²) in [6.07, 6.45) is 2.86. The van der Waals surface area contributed by atoms with Crippen LogP contribution >= 0.6 is 0 Å². The number of aryl methyl sites for hydroxylation is 1. The molecule has 2 heterocycles. The Morgan fingerprint density at radius 2 is 2.47 bits per heavy atom. The predicted octanol–water partition coefficient (Wildman–Crippen LogP) is 0.0106. The van der Waals surface area contributed by atoms with Gasteiger partial charge in [0.2, 0.25) is 0 Å². The van der Waals surface area contributed by atoms with Gasteiger partial charge in [0.05, 0.1) is 18.4 Å². The zero-order chi connectivity index (χ0) is 12.3. The minimum atomic E-state index is 0.0271. The molecule has 2 unspecified atom stereocenters. The molecule has 17 heavy (non-hydrogen) atoms. The molecule has 0 radical (unpaired) electrons. The highest BCUT2D eigenvalue weighted by atomic mass is 16.5. The van der Waals surface area contributed by atoms with Gasteiger partial charge in [0.15, 0.2) is 0 Å². The van der Waals surface area contributed by atoms with Gasteiger partial charge in [-0.3, -0.25) is 9.58 Å². The lowest BCUT2D eigenvalue weighted by Gasteiger charge is -2.34. The lowest BCUT2D eigenvalue weighted by molar-refractivity contribution is -0.0386. The first-order valence-electron chi connectivity index (χ1n) is 6.27. The largest absolute Gasteiger partial charge is 0.374 e. The number of hydrogen-bond acceptors (Lipinski definition) is 4. The third-order valence-electron chi connectivity index (χ3n) is 3.32. The fraction of sp³-hybridized carbons (Fsp3) is 0.750. The smallest absolute Gasteiger partial charge is 0.0857 e. The molecule has 1 saturated heterocycles. The molecule has 2 N–H and O–H groups in total. The molecule has 1 aromatic rings. The maximum atomic E-state index is 6.21. The second-order valence-corrected chi connectivity index (χ2v) is 4.65. The van der Waals surface area contributed by atoms with E-state index in [9.17, 15) is 0 Å². The van der Waals surface area contributed by atoms with Gasteiger partial charge in [0, 0.05) is 38.8 Å². The zero-order valence-corrected chi connectivity index (χ0v) is 10.7. The fourth-order valence-corrected chi connectivity index (χ4v) is 2.22. The van der Waals surface area contributed by atoms with Crippen LogP contribution in [0, 0.1) is 0 Å². The molecular weight excluding hydrogens is 216 g/mol. The van der Waals surface area contributed by atoms with Crippen LogP contribution < -0.4 is 5.73 Å². The normalized spacial score (nSPS) is 23.8. The highest BCUT2D eigenvalue weighted by molar-refractivity contribution is 5.02. The van der Waals surface area contributed by atoms with Gasteiger partial charge >= 0.3 is 0 Å². The lowest BCUT2D eigenvalue weighted by Crippen LogP contribution is -2.51. The maximum Gasteiger partial charge on any atom is 0.0857 e. The van der Waals surface area contributed by atoms with Gasteiger partial charge in [-0.2, -0.15) is 5.10 Å². The molecule has 5 nitrogen and oxygen atoms in total. The molecule has 2 atom stereocenters. The Bertz CT molecular complexity index is 352. The topological polar surface area (TPSA) is 56.3 Å². The highest BCUT2D eigenvalue weighted by Crippen LogP contribution is 2.10. The first-order chi connectivity index (χ1) is 8.19. The average Bonchev–Trinajstić information content (AvgIpc) is 2.75. The molecule has 1 aromatic heterocycles. The van der Waals surface area contributed by atoms with Gasteiger partial charge in [-0.05, 0) is 12.6 Å². The summed E-state index contributed by atoms with van der Waals surface area (Å²) in [5, 5.41) is 4.35. The van der Waals surface area contributed by atoms with Crippen molar-refractivity contribution in [3.63, 3.8) is 0 Å². The summed E-state index contributed by atoms with van der Waals surface area (Å²) >= 11 is 0. The summed E-state index contributed by atoms with van der Waals surface area (Å²) in [6.45, 7) is 5.98. The van der Waals surface area contributed by atoms with Crippen molar-refractivity contribution in [3.8, 4) is 0 Å². The van der Waals surface area contributed by atoms with Crippen LogP contribution in [0.25, 0.3) is 0 Å². The standard InChI is InChI=1S/C12H22N4O/c1-3-16-6-7-17-12(9-16)11(13)8-10-4-5-15(2)14-10/h4-5,11-12H,3,6-9,13H2,1-2H3. The van der Waals surface area contributed by atoms with Crippen LogP contribution in [0.5, 0.6) is 0 Å². The van der Waals surface area contributed by atoms with Crippen LogP contribution in [0.4, 0.5) is 0 Å². The third-order valence-corrected chi connectivity index (χ3v) is 3.32. The Balaban J connectivity index is 1.88. The third kappa shape index (κ3) is 3.28. The highest BCUT2D eigenvalue weighted by Gasteiger charge is 2.25. The summed E-state index contributed by atoms with van der Waals surface area (Å²) < 4.78 is 7.56. The van der Waals surface area contributed by atoms with Crippen molar-refractivity contribution in [2.45, 2.75) is 25.5 Å². The molecule has 1 aliphatic rings. The molecule has 0 amide bonds. The molecule has 0 saturated carbocycles. The quantitative estimate of drug-likeness (QED) is 0.803. The SMILES string of the molecule is CCN1CCOC(C(N)Cc2ccn(C)n2)C1. The number of nitrogens with zero attached hydrogens (tertiary/aromatic N) is 3. The van der Waals surface area contributed by atoms with E-state index in [1.165, 1.54) is 0 Å². The maximum absolute atomic E-state index is 6.21. The number of ether oxygens (including phenoxy) is 1. The molecule has 1 aliphatic heterocycles. The summed E-state index contributed by atoms with van der Waals surface area (Å²) in [6, 6.07) is 2.04. The van der Waals surface area contributed by atoms with Crippen molar-refractivity contribution in [3.05, 3.63) is 18.0 Å². The van der Waals surface area contributed by atoms with E-state index in [2.05, 4.69) is 16.9 Å². The number of morpholine rings is 1. The Morgan fingerprint density at radius 3 is 3.12 bits per heavy atom. The van der Waals surface area contributed by atoms with Crippen molar-refractivity contribution in [1.82, 2.24) is 14.7 Å². The van der Waals surface area contributed by atoms with E-state index in [0.717, 1.165) is 38.4 Å². The van der Waals surface area contributed by atoms with Crippen LogP contribution in [0.2, 0.25) is 0 Å². The van der Waals surface area contributed by atoms with Gasteiger partial charge in [0.25, 0.3) is 0 Å². The second kappa shape index (κ2) is 5.62. The first kappa shape index (κ1) is 12.5. The summed E-state index contributed by atoms with van der Waals surface area (Å²) in [5.41, 5.74) is 7.24. The van der Waals surface area contributed by atoms with E-state index in [1.807, 2.05) is 24.0 Å². The summed E-state index contributed by atoms with van der Waals surface area (Å²) in [5.74, 6) is 0. The van der Waals surface area contributed by atoms with Crippen LogP contribution in [-0.2, 0) is 18.2 Å². The average molecular weight is 238 g/mol. The summed E-state index contributed by atoms with van der Waals surface area (Å²) in [7, 11) is 1.92. The van der Waals surface area contributed by atoms with Crippen molar-refractivity contribution in [2.75, 3.05) is 26.2 Å². The van der Waals surface area contributed by atoms with E-state index >= 15 is 0 Å². The van der Waals surface area contributed by atoms with Crippen LogP contribution in [0.15, 0.2) is 12.3 Å². The van der Waals surface area contributed by atoms with Crippen LogP contribution in [0.3, 0.4) is 0 Å². The van der Waals surface area contributed by atoms with Gasteiger partial charge < -0.3 is 10.5 Å². The summed E-state index contributed by atoms with van der Waals surface area (Å²) in [4.78, 5) is 2.38. The Morgan fingerprint density at radius 1 is 1.65 bits per heavy atom. The molecule has 96 valence electrons. The van der Waals surface area contributed by atoms with E-state index in [0.29, 0.717) is 0 Å². The van der Waals surface area contributed by atoms with Crippen molar-refractivity contribution in [2.24, 2.45) is 12.8 Å². The Labute approximate surface area is 103 Å². The number of likely N-dealkylation sites (N-methyl/N-ethyl adjacent to an activating group) is 1. The molecule has 0 bridgehead atoms. The molecule has 0 spiro atoms. The van der Waals surface area contributed by atoms with Gasteiger partial charge in [0.1, 0.15) is 0 Å². The van der Waals surface area contributed by atoms with Gasteiger partial charge in [-0.15, -0.1) is 0 Å². The number of aromatic nitrogens is 2. The Hall–Kier alpha value is -0.910. The number of rotatable bonds is 4. The lowest BCUT2D eigenvalue weighted by atomic mass is 10.0. The second-order valence-electron chi connectivity index (χ2n) is 4.65. The minimum Gasteiger partial charge on any atom is -0.374 e.